The van der Waals surface area contributed by atoms with Crippen LogP contribution in [-0.2, 0) is 9.59 Å². The first-order chi connectivity index (χ1) is 11.6. The number of benzene rings is 1. The van der Waals surface area contributed by atoms with Crippen molar-refractivity contribution in [2.45, 2.75) is 6.42 Å². The van der Waals surface area contributed by atoms with Gasteiger partial charge in [0.1, 0.15) is 11.4 Å². The third-order valence-electron chi connectivity index (χ3n) is 3.96. The monoisotopic (exact) mass is 327 g/mol. The number of amides is 2. The minimum atomic E-state index is -0.501. The average Bonchev–Trinajstić information content (AvgIpc) is 2.99. The van der Waals surface area contributed by atoms with Gasteiger partial charge in [0, 0.05) is 37.1 Å². The molecule has 124 valence electrons. The Labute approximate surface area is 138 Å². The van der Waals surface area contributed by atoms with Crippen molar-refractivity contribution in [1.82, 2.24) is 4.98 Å². The average molecular weight is 327 g/mol. The number of ether oxygens (including phenoxy) is 1. The van der Waals surface area contributed by atoms with Crippen molar-refractivity contribution in [3.05, 3.63) is 52.9 Å². The van der Waals surface area contributed by atoms with Crippen molar-refractivity contribution in [1.29, 1.82) is 0 Å². The molecule has 3 rings (SSSR count). The SMILES string of the molecule is COc1ccc(N2CC(C(=O)Nc3c[nH]ccc3=O)CC2=O)cc1. The molecular weight excluding hydrogens is 310 g/mol. The number of nitrogens with zero attached hydrogens (tertiary/aromatic N) is 1. The number of aromatic amines is 1. The van der Waals surface area contributed by atoms with Crippen molar-refractivity contribution in [3.63, 3.8) is 0 Å². The highest BCUT2D eigenvalue weighted by Crippen LogP contribution is 2.27. The van der Waals surface area contributed by atoms with Gasteiger partial charge in [-0.2, -0.15) is 0 Å². The van der Waals surface area contributed by atoms with Crippen molar-refractivity contribution < 1.29 is 14.3 Å². The second-order valence-electron chi connectivity index (χ2n) is 5.51. The molecule has 0 spiro atoms. The van der Waals surface area contributed by atoms with E-state index in [4.69, 9.17) is 4.74 Å². The van der Waals surface area contributed by atoms with E-state index in [1.165, 1.54) is 18.5 Å². The summed E-state index contributed by atoms with van der Waals surface area (Å²) in [5.41, 5.74) is 0.616. The van der Waals surface area contributed by atoms with Crippen molar-refractivity contribution in [2.24, 2.45) is 5.92 Å². The Bertz CT molecular complexity index is 813. The molecule has 1 fully saturated rings. The third kappa shape index (κ3) is 3.15. The lowest BCUT2D eigenvalue weighted by Gasteiger charge is -2.17. The third-order valence-corrected chi connectivity index (χ3v) is 3.96. The largest absolute Gasteiger partial charge is 0.497 e. The van der Waals surface area contributed by atoms with E-state index in [0.29, 0.717) is 11.4 Å². The molecule has 1 aromatic carbocycles. The number of H-pyrrole nitrogens is 1. The Morgan fingerprint density at radius 1 is 1.25 bits per heavy atom. The van der Waals surface area contributed by atoms with Gasteiger partial charge < -0.3 is 19.9 Å². The molecule has 1 saturated heterocycles. The van der Waals surface area contributed by atoms with Gasteiger partial charge in [0.05, 0.1) is 13.0 Å². The molecule has 2 aromatic rings. The highest BCUT2D eigenvalue weighted by molar-refractivity contribution is 6.03. The van der Waals surface area contributed by atoms with Gasteiger partial charge in [0.15, 0.2) is 0 Å². The van der Waals surface area contributed by atoms with Gasteiger partial charge in [-0.1, -0.05) is 0 Å². The summed E-state index contributed by atoms with van der Waals surface area (Å²) in [6, 6.07) is 8.41. The van der Waals surface area contributed by atoms with E-state index < -0.39 is 5.92 Å². The van der Waals surface area contributed by atoms with Crippen LogP contribution in [0.3, 0.4) is 0 Å². The highest BCUT2D eigenvalue weighted by atomic mass is 16.5. The smallest absolute Gasteiger partial charge is 0.229 e. The maximum atomic E-state index is 12.3. The van der Waals surface area contributed by atoms with Crippen LogP contribution < -0.4 is 20.4 Å². The molecule has 2 heterocycles. The molecule has 1 aliphatic rings. The van der Waals surface area contributed by atoms with Gasteiger partial charge in [-0.25, -0.2) is 0 Å². The number of hydrogen-bond acceptors (Lipinski definition) is 4. The maximum absolute atomic E-state index is 12.3. The van der Waals surface area contributed by atoms with E-state index in [2.05, 4.69) is 10.3 Å². The maximum Gasteiger partial charge on any atom is 0.229 e. The molecular formula is C17H17N3O4. The summed E-state index contributed by atoms with van der Waals surface area (Å²) in [6.07, 6.45) is 3.03. The van der Waals surface area contributed by atoms with E-state index in [-0.39, 0.29) is 35.9 Å². The molecule has 1 atom stereocenters. The van der Waals surface area contributed by atoms with Crippen LogP contribution >= 0.6 is 0 Å². The topological polar surface area (TPSA) is 91.5 Å². The molecule has 1 unspecified atom stereocenters. The summed E-state index contributed by atoms with van der Waals surface area (Å²) in [4.78, 5) is 40.5. The molecule has 0 saturated carbocycles. The molecule has 24 heavy (non-hydrogen) atoms. The number of nitrogens with one attached hydrogen (secondary N) is 2. The number of hydrogen-bond donors (Lipinski definition) is 2. The second-order valence-corrected chi connectivity index (χ2v) is 5.51. The van der Waals surface area contributed by atoms with Crippen LogP contribution in [0.2, 0.25) is 0 Å². The normalized spacial score (nSPS) is 17.0. The minimum Gasteiger partial charge on any atom is -0.497 e. The molecule has 0 radical (unpaired) electrons. The number of anilines is 2. The molecule has 7 nitrogen and oxygen atoms in total. The predicted octanol–water partition coefficient (Wildman–Crippen LogP) is 1.38. The van der Waals surface area contributed by atoms with Crippen molar-refractivity contribution in [2.75, 3.05) is 23.9 Å². The fourth-order valence-corrected chi connectivity index (χ4v) is 2.64. The predicted molar refractivity (Wildman–Crippen MR) is 89.1 cm³/mol. The van der Waals surface area contributed by atoms with Crippen LogP contribution in [0.4, 0.5) is 11.4 Å². The van der Waals surface area contributed by atoms with E-state index >= 15 is 0 Å². The molecule has 0 bridgehead atoms. The van der Waals surface area contributed by atoms with Crippen molar-refractivity contribution >= 4 is 23.2 Å². The second kappa shape index (κ2) is 6.57. The van der Waals surface area contributed by atoms with Crippen LogP contribution in [0, 0.1) is 5.92 Å². The van der Waals surface area contributed by atoms with Crippen molar-refractivity contribution in [3.8, 4) is 5.75 Å². The lowest BCUT2D eigenvalue weighted by molar-refractivity contribution is -0.122. The zero-order chi connectivity index (χ0) is 17.1. The quantitative estimate of drug-likeness (QED) is 0.887. The highest BCUT2D eigenvalue weighted by Gasteiger charge is 2.35. The summed E-state index contributed by atoms with van der Waals surface area (Å²) in [6.45, 7) is 0.279. The van der Waals surface area contributed by atoms with E-state index in [1.54, 1.807) is 36.3 Å². The lowest BCUT2D eigenvalue weighted by Crippen LogP contribution is -2.29. The summed E-state index contributed by atoms with van der Waals surface area (Å²) in [7, 11) is 1.57. The minimum absolute atomic E-state index is 0.114. The molecule has 1 aliphatic heterocycles. The molecule has 7 heteroatoms. The fourth-order valence-electron chi connectivity index (χ4n) is 2.64. The van der Waals surface area contributed by atoms with E-state index in [9.17, 15) is 14.4 Å². The molecule has 0 aliphatic carbocycles. The van der Waals surface area contributed by atoms with E-state index in [1.807, 2.05) is 0 Å². The van der Waals surface area contributed by atoms with Gasteiger partial charge in [0.25, 0.3) is 0 Å². The van der Waals surface area contributed by atoms with Gasteiger partial charge in [-0.3, -0.25) is 14.4 Å². The van der Waals surface area contributed by atoms with Crippen LogP contribution in [0.15, 0.2) is 47.5 Å². The number of rotatable bonds is 4. The molecule has 1 aromatic heterocycles. The number of carbonyl (C=O) groups excluding carboxylic acids is 2. The number of aromatic nitrogens is 1. The first-order valence-electron chi connectivity index (χ1n) is 7.51. The van der Waals surface area contributed by atoms with Gasteiger partial charge in [-0.05, 0) is 24.3 Å². The standard InChI is InChI=1S/C17H17N3O4/c1-24-13-4-2-12(3-5-13)20-10-11(8-16(20)22)17(23)19-14-9-18-7-6-15(14)21/h2-7,9,11H,8,10H2,1H3,(H,18,21)(H,19,23). The Balaban J connectivity index is 1.70. The summed E-state index contributed by atoms with van der Waals surface area (Å²) < 4.78 is 5.10. The number of methoxy groups -OCH3 is 1. The Morgan fingerprint density at radius 3 is 2.67 bits per heavy atom. The summed E-state index contributed by atoms with van der Waals surface area (Å²) in [5.74, 6) is -0.263. The first-order valence-corrected chi connectivity index (χ1v) is 7.51. The van der Waals surface area contributed by atoms with Gasteiger partial charge in [0.2, 0.25) is 17.2 Å². The van der Waals surface area contributed by atoms with Crippen LogP contribution in [0.25, 0.3) is 0 Å². The zero-order valence-electron chi connectivity index (χ0n) is 13.1. The van der Waals surface area contributed by atoms with Crippen LogP contribution in [-0.4, -0.2) is 30.5 Å². The Morgan fingerprint density at radius 2 is 2.00 bits per heavy atom. The fraction of sp³-hybridized carbons (Fsp3) is 0.235. The lowest BCUT2D eigenvalue weighted by atomic mass is 10.1. The summed E-state index contributed by atoms with van der Waals surface area (Å²) in [5, 5.41) is 2.58. The number of carbonyl (C=O) groups is 2. The summed E-state index contributed by atoms with van der Waals surface area (Å²) >= 11 is 0. The van der Waals surface area contributed by atoms with E-state index in [0.717, 1.165) is 0 Å². The van der Waals surface area contributed by atoms with Gasteiger partial charge >= 0.3 is 0 Å². The number of pyridine rings is 1. The first kappa shape index (κ1) is 15.8. The molecule has 2 amide bonds. The molecule has 2 N–H and O–H groups in total. The Kier molecular flexibility index (Phi) is 4.33. The van der Waals surface area contributed by atoms with Crippen LogP contribution in [0.1, 0.15) is 6.42 Å². The zero-order valence-corrected chi connectivity index (χ0v) is 13.1. The van der Waals surface area contributed by atoms with Crippen LogP contribution in [0.5, 0.6) is 5.75 Å². The Hall–Kier alpha value is -3.09. The van der Waals surface area contributed by atoms with Gasteiger partial charge in [-0.15, -0.1) is 0 Å².